The van der Waals surface area contributed by atoms with Crippen LogP contribution < -0.4 is 5.32 Å². The number of anilines is 1. The zero-order valence-electron chi connectivity index (χ0n) is 11.3. The lowest BCUT2D eigenvalue weighted by molar-refractivity contribution is 0.211. The van der Waals surface area contributed by atoms with Gasteiger partial charge in [0.2, 0.25) is 0 Å². The summed E-state index contributed by atoms with van der Waals surface area (Å²) in [6.45, 7) is 0.302. The summed E-state index contributed by atoms with van der Waals surface area (Å²) in [4.78, 5) is 0.356. The first kappa shape index (κ1) is 15.6. The van der Waals surface area contributed by atoms with Crippen LogP contribution in [0.15, 0.2) is 29.2 Å². The largest absolute Gasteiger partial charge is 0.390 e. The molecule has 1 aliphatic carbocycles. The van der Waals surface area contributed by atoms with E-state index in [1.165, 1.54) is 0 Å². The standard InChI is InChI=1S/C14H20ClNO3S/c15-9-12(17)10-16-11-4-3-7-14(8-11)20(18,19)13-5-1-2-6-13/h3-4,7-8,12-13,16-17H,1-2,5-6,9-10H2. The van der Waals surface area contributed by atoms with E-state index in [0.717, 1.165) is 25.7 Å². The Hall–Kier alpha value is -0.780. The van der Waals surface area contributed by atoms with Crippen molar-refractivity contribution in [1.82, 2.24) is 0 Å². The van der Waals surface area contributed by atoms with Crippen LogP contribution in [0.1, 0.15) is 25.7 Å². The quantitative estimate of drug-likeness (QED) is 0.791. The lowest BCUT2D eigenvalue weighted by Crippen LogP contribution is -2.21. The van der Waals surface area contributed by atoms with Gasteiger partial charge in [0.15, 0.2) is 9.84 Å². The van der Waals surface area contributed by atoms with Gasteiger partial charge in [-0.3, -0.25) is 0 Å². The summed E-state index contributed by atoms with van der Waals surface area (Å²) >= 11 is 5.52. The number of rotatable bonds is 6. The van der Waals surface area contributed by atoms with Gasteiger partial charge in [-0.2, -0.15) is 0 Å². The molecule has 1 aliphatic rings. The van der Waals surface area contributed by atoms with Crippen molar-refractivity contribution in [2.24, 2.45) is 0 Å². The van der Waals surface area contributed by atoms with Crippen molar-refractivity contribution >= 4 is 27.1 Å². The maximum atomic E-state index is 12.5. The number of halogens is 1. The van der Waals surface area contributed by atoms with Crippen LogP contribution in [0.25, 0.3) is 0 Å². The zero-order chi connectivity index (χ0) is 14.6. The molecule has 1 atom stereocenters. The average Bonchev–Trinajstić information content (AvgIpc) is 3.00. The fourth-order valence-electron chi connectivity index (χ4n) is 2.46. The molecule has 0 aromatic heterocycles. The SMILES string of the molecule is O=S(=O)(c1cccc(NCC(O)CCl)c1)C1CCCC1. The lowest BCUT2D eigenvalue weighted by atomic mass is 10.3. The number of hydrogen-bond donors (Lipinski definition) is 2. The van der Waals surface area contributed by atoms with Gasteiger partial charge in [-0.15, -0.1) is 11.6 Å². The third-order valence-electron chi connectivity index (χ3n) is 3.62. The van der Waals surface area contributed by atoms with Gasteiger partial charge in [0.25, 0.3) is 0 Å². The van der Waals surface area contributed by atoms with Gasteiger partial charge in [-0.25, -0.2) is 8.42 Å². The number of sulfone groups is 1. The third-order valence-corrected chi connectivity index (χ3v) is 6.24. The van der Waals surface area contributed by atoms with E-state index in [0.29, 0.717) is 17.1 Å². The maximum absolute atomic E-state index is 12.5. The molecular formula is C14H20ClNO3S. The minimum absolute atomic E-state index is 0.146. The van der Waals surface area contributed by atoms with Crippen molar-refractivity contribution in [3.05, 3.63) is 24.3 Å². The summed E-state index contributed by atoms with van der Waals surface area (Å²) in [7, 11) is -3.23. The second-order valence-corrected chi connectivity index (χ2v) is 7.71. The van der Waals surface area contributed by atoms with Gasteiger partial charge in [-0.1, -0.05) is 18.9 Å². The molecule has 0 heterocycles. The molecule has 2 rings (SSSR count). The highest BCUT2D eigenvalue weighted by atomic mass is 35.5. The van der Waals surface area contributed by atoms with Crippen molar-refractivity contribution in [3.8, 4) is 0 Å². The number of nitrogens with one attached hydrogen (secondary N) is 1. The number of aliphatic hydroxyl groups is 1. The van der Waals surface area contributed by atoms with Crippen molar-refractivity contribution in [2.75, 3.05) is 17.7 Å². The van der Waals surface area contributed by atoms with E-state index in [2.05, 4.69) is 5.32 Å². The van der Waals surface area contributed by atoms with E-state index < -0.39 is 15.9 Å². The average molecular weight is 318 g/mol. The molecule has 1 saturated carbocycles. The summed E-state index contributed by atoms with van der Waals surface area (Å²) in [5.41, 5.74) is 0.688. The summed E-state index contributed by atoms with van der Waals surface area (Å²) in [6.07, 6.45) is 2.84. The van der Waals surface area contributed by atoms with Crippen LogP contribution in [-0.2, 0) is 9.84 Å². The molecule has 4 nitrogen and oxygen atoms in total. The van der Waals surface area contributed by atoms with Gasteiger partial charge < -0.3 is 10.4 Å². The molecule has 1 aromatic carbocycles. The second-order valence-electron chi connectivity index (χ2n) is 5.17. The number of aliphatic hydroxyl groups excluding tert-OH is 1. The van der Waals surface area contributed by atoms with Crippen molar-refractivity contribution in [1.29, 1.82) is 0 Å². The monoisotopic (exact) mass is 317 g/mol. The van der Waals surface area contributed by atoms with Crippen molar-refractivity contribution in [3.63, 3.8) is 0 Å². The Morgan fingerprint density at radius 2 is 2.05 bits per heavy atom. The van der Waals surface area contributed by atoms with E-state index in [1.54, 1.807) is 24.3 Å². The Morgan fingerprint density at radius 1 is 1.35 bits per heavy atom. The maximum Gasteiger partial charge on any atom is 0.181 e. The molecule has 0 spiro atoms. The van der Waals surface area contributed by atoms with Gasteiger partial charge in [0.05, 0.1) is 22.1 Å². The normalized spacial score (nSPS) is 18.1. The van der Waals surface area contributed by atoms with Gasteiger partial charge in [0.1, 0.15) is 0 Å². The molecule has 112 valence electrons. The highest BCUT2D eigenvalue weighted by Crippen LogP contribution is 2.30. The van der Waals surface area contributed by atoms with Gasteiger partial charge in [-0.05, 0) is 31.0 Å². The molecule has 1 fully saturated rings. The fraction of sp³-hybridized carbons (Fsp3) is 0.571. The highest BCUT2D eigenvalue weighted by Gasteiger charge is 2.30. The van der Waals surface area contributed by atoms with Gasteiger partial charge in [0, 0.05) is 12.2 Å². The molecular weight excluding hydrogens is 298 g/mol. The molecule has 6 heteroatoms. The Kier molecular flexibility index (Phi) is 5.29. The van der Waals surface area contributed by atoms with Crippen molar-refractivity contribution in [2.45, 2.75) is 41.9 Å². The minimum Gasteiger partial charge on any atom is -0.390 e. The van der Waals surface area contributed by atoms with Crippen LogP contribution in [0, 0.1) is 0 Å². The Bertz CT molecular complexity index is 541. The zero-order valence-corrected chi connectivity index (χ0v) is 12.8. The first-order valence-corrected chi connectivity index (χ1v) is 8.94. The molecule has 0 saturated heterocycles. The molecule has 1 unspecified atom stereocenters. The van der Waals surface area contributed by atoms with Crippen LogP contribution in [0.2, 0.25) is 0 Å². The highest BCUT2D eigenvalue weighted by molar-refractivity contribution is 7.92. The van der Waals surface area contributed by atoms with Crippen LogP contribution in [0.4, 0.5) is 5.69 Å². The van der Waals surface area contributed by atoms with Crippen LogP contribution >= 0.6 is 11.6 Å². The molecule has 0 radical (unpaired) electrons. The number of alkyl halides is 1. The van der Waals surface area contributed by atoms with Crippen LogP contribution in [-0.4, -0.2) is 37.3 Å². The summed E-state index contributed by atoms with van der Waals surface area (Å²) in [5, 5.41) is 12.2. The molecule has 0 amide bonds. The Labute approximate surface area is 125 Å². The summed E-state index contributed by atoms with van der Waals surface area (Å²) < 4.78 is 25.0. The van der Waals surface area contributed by atoms with E-state index >= 15 is 0 Å². The molecule has 0 aliphatic heterocycles. The molecule has 20 heavy (non-hydrogen) atoms. The first-order chi connectivity index (χ1) is 9.54. The Morgan fingerprint density at radius 3 is 2.70 bits per heavy atom. The number of benzene rings is 1. The summed E-state index contributed by atoms with van der Waals surface area (Å²) in [6, 6.07) is 6.78. The predicted molar refractivity (Wildman–Crippen MR) is 81.1 cm³/mol. The smallest absolute Gasteiger partial charge is 0.181 e. The van der Waals surface area contributed by atoms with E-state index in [4.69, 9.17) is 11.6 Å². The molecule has 1 aromatic rings. The predicted octanol–water partition coefficient (Wildman–Crippen LogP) is 2.41. The first-order valence-electron chi connectivity index (χ1n) is 6.86. The van der Waals surface area contributed by atoms with Crippen LogP contribution in [0.3, 0.4) is 0 Å². The summed E-state index contributed by atoms with van der Waals surface area (Å²) in [5.74, 6) is 0.146. The van der Waals surface area contributed by atoms with Crippen LogP contribution in [0.5, 0.6) is 0 Å². The minimum atomic E-state index is -3.23. The fourth-order valence-corrected chi connectivity index (χ4v) is 4.47. The Balaban J connectivity index is 2.12. The number of hydrogen-bond acceptors (Lipinski definition) is 4. The topological polar surface area (TPSA) is 66.4 Å². The van der Waals surface area contributed by atoms with E-state index in [9.17, 15) is 13.5 Å². The van der Waals surface area contributed by atoms with E-state index in [1.807, 2.05) is 0 Å². The van der Waals surface area contributed by atoms with E-state index in [-0.39, 0.29) is 11.1 Å². The van der Waals surface area contributed by atoms with Gasteiger partial charge >= 0.3 is 0 Å². The lowest BCUT2D eigenvalue weighted by Gasteiger charge is -2.14. The molecule has 2 N–H and O–H groups in total. The molecule has 0 bridgehead atoms. The second kappa shape index (κ2) is 6.78. The third kappa shape index (κ3) is 3.65. The van der Waals surface area contributed by atoms with Crippen molar-refractivity contribution < 1.29 is 13.5 Å².